The summed E-state index contributed by atoms with van der Waals surface area (Å²) in [5.74, 6) is 0.129. The van der Waals surface area contributed by atoms with Crippen molar-refractivity contribution in [2.75, 3.05) is 21.3 Å². The number of fused-ring (bicyclic) bond motifs is 1. The Bertz CT molecular complexity index is 956. The summed E-state index contributed by atoms with van der Waals surface area (Å²) in [6, 6.07) is 10.9. The van der Waals surface area contributed by atoms with E-state index >= 15 is 0 Å². The summed E-state index contributed by atoms with van der Waals surface area (Å²) in [4.78, 5) is 12.3. The Hall–Kier alpha value is -2.58. The van der Waals surface area contributed by atoms with Crippen molar-refractivity contribution in [1.29, 1.82) is 0 Å². The topological polar surface area (TPSA) is 82.1 Å². The number of hydrogen-bond donors (Lipinski definition) is 0. The third kappa shape index (κ3) is 3.50. The molecule has 0 saturated heterocycles. The number of carbonyl (C=O) groups excluding carboxylic acids is 1. The van der Waals surface area contributed by atoms with Gasteiger partial charge < -0.3 is 14.2 Å². The molecule has 0 N–H and O–H groups in total. The molecule has 1 heterocycles. The first-order chi connectivity index (χ1) is 12.9. The fourth-order valence-electron chi connectivity index (χ4n) is 3.20. The molecule has 0 fully saturated rings. The summed E-state index contributed by atoms with van der Waals surface area (Å²) in [6.07, 6.45) is 0.259. The Labute approximate surface area is 158 Å². The number of hydrogen-bond acceptors (Lipinski definition) is 6. The monoisotopic (exact) mass is 391 g/mol. The SMILES string of the molecule is COC(=O)[C@H]1Cc2ccccc2CN1S(=O)(=O)c1ccc(OC)c(OC)c1. The van der Waals surface area contributed by atoms with Crippen molar-refractivity contribution in [2.24, 2.45) is 0 Å². The van der Waals surface area contributed by atoms with Crippen LogP contribution in [-0.2, 0) is 32.5 Å². The Balaban J connectivity index is 2.07. The third-order valence-electron chi connectivity index (χ3n) is 4.64. The highest BCUT2D eigenvalue weighted by Crippen LogP contribution is 2.34. The molecule has 0 amide bonds. The molecule has 1 aliphatic rings. The standard InChI is InChI=1S/C19H21NO6S/c1-24-17-9-8-15(11-18(17)25-2)27(22,23)20-12-14-7-5-4-6-13(14)10-16(20)19(21)26-3/h4-9,11,16H,10,12H2,1-3H3/t16-/m1/s1. The molecule has 2 aromatic rings. The van der Waals surface area contributed by atoms with Crippen LogP contribution in [0.5, 0.6) is 11.5 Å². The predicted molar refractivity (Wildman–Crippen MR) is 98.2 cm³/mol. The lowest BCUT2D eigenvalue weighted by atomic mass is 9.96. The van der Waals surface area contributed by atoms with E-state index < -0.39 is 22.0 Å². The zero-order chi connectivity index (χ0) is 19.6. The summed E-state index contributed by atoms with van der Waals surface area (Å²) in [7, 11) is 0.191. The molecule has 0 unspecified atom stereocenters. The highest BCUT2D eigenvalue weighted by molar-refractivity contribution is 7.89. The second-order valence-electron chi connectivity index (χ2n) is 6.08. The molecule has 1 atom stereocenters. The van der Waals surface area contributed by atoms with Crippen molar-refractivity contribution in [3.8, 4) is 11.5 Å². The lowest BCUT2D eigenvalue weighted by Crippen LogP contribution is -2.49. The lowest BCUT2D eigenvalue weighted by Gasteiger charge is -2.34. The normalized spacial score (nSPS) is 17.1. The van der Waals surface area contributed by atoms with Gasteiger partial charge in [-0.15, -0.1) is 0 Å². The molecule has 0 aromatic heterocycles. The van der Waals surface area contributed by atoms with Gasteiger partial charge >= 0.3 is 5.97 Å². The van der Waals surface area contributed by atoms with Gasteiger partial charge in [-0.3, -0.25) is 4.79 Å². The van der Waals surface area contributed by atoms with Crippen LogP contribution in [0.2, 0.25) is 0 Å². The number of rotatable bonds is 5. The molecule has 7 nitrogen and oxygen atoms in total. The molecule has 1 aliphatic heterocycles. The highest BCUT2D eigenvalue weighted by atomic mass is 32.2. The summed E-state index contributed by atoms with van der Waals surface area (Å²) in [5.41, 5.74) is 1.80. The second kappa shape index (κ2) is 7.58. The fraction of sp³-hybridized carbons (Fsp3) is 0.316. The third-order valence-corrected chi connectivity index (χ3v) is 6.49. The maximum Gasteiger partial charge on any atom is 0.324 e. The molecule has 3 rings (SSSR count). The van der Waals surface area contributed by atoms with Crippen LogP contribution >= 0.6 is 0 Å². The maximum atomic E-state index is 13.3. The number of esters is 1. The number of sulfonamides is 1. The summed E-state index contributed by atoms with van der Waals surface area (Å²) in [6.45, 7) is 0.0899. The molecule has 0 bridgehead atoms. The number of ether oxygens (including phenoxy) is 3. The van der Waals surface area contributed by atoms with Gasteiger partial charge in [-0.05, 0) is 23.3 Å². The second-order valence-corrected chi connectivity index (χ2v) is 7.97. The molecule has 8 heteroatoms. The van der Waals surface area contributed by atoms with Gasteiger partial charge in [0.05, 0.1) is 26.2 Å². The van der Waals surface area contributed by atoms with E-state index in [1.807, 2.05) is 24.3 Å². The number of nitrogens with zero attached hydrogens (tertiary/aromatic N) is 1. The zero-order valence-corrected chi connectivity index (χ0v) is 16.2. The summed E-state index contributed by atoms with van der Waals surface area (Å²) in [5, 5.41) is 0. The Morgan fingerprint density at radius 2 is 1.67 bits per heavy atom. The van der Waals surface area contributed by atoms with Crippen LogP contribution in [-0.4, -0.2) is 46.1 Å². The van der Waals surface area contributed by atoms with E-state index in [0.29, 0.717) is 11.5 Å². The maximum absolute atomic E-state index is 13.3. The first-order valence-electron chi connectivity index (χ1n) is 8.31. The minimum atomic E-state index is -3.97. The van der Waals surface area contributed by atoms with Gasteiger partial charge in [-0.2, -0.15) is 4.31 Å². The van der Waals surface area contributed by atoms with Gasteiger partial charge in [-0.1, -0.05) is 24.3 Å². The van der Waals surface area contributed by atoms with Crippen molar-refractivity contribution >= 4 is 16.0 Å². The van der Waals surface area contributed by atoms with E-state index in [1.54, 1.807) is 0 Å². The molecule has 0 radical (unpaired) electrons. The van der Waals surface area contributed by atoms with Gasteiger partial charge in [0.15, 0.2) is 11.5 Å². The van der Waals surface area contributed by atoms with E-state index in [-0.39, 0.29) is 17.9 Å². The molecule has 0 aliphatic carbocycles. The van der Waals surface area contributed by atoms with Gasteiger partial charge in [-0.25, -0.2) is 8.42 Å². The van der Waals surface area contributed by atoms with Gasteiger partial charge in [0.2, 0.25) is 10.0 Å². The quantitative estimate of drug-likeness (QED) is 0.725. The van der Waals surface area contributed by atoms with Crippen LogP contribution in [0.15, 0.2) is 47.4 Å². The molecular formula is C19H21NO6S. The van der Waals surface area contributed by atoms with E-state index in [0.717, 1.165) is 11.1 Å². The van der Waals surface area contributed by atoms with Crippen molar-refractivity contribution in [3.63, 3.8) is 0 Å². The summed E-state index contributed by atoms with van der Waals surface area (Å²) < 4.78 is 43.1. The van der Waals surface area contributed by atoms with E-state index in [2.05, 4.69) is 0 Å². The predicted octanol–water partition coefficient (Wildman–Crippen LogP) is 1.99. The fourth-order valence-corrected chi connectivity index (χ4v) is 4.77. The Morgan fingerprint density at radius 3 is 2.30 bits per heavy atom. The minimum absolute atomic E-state index is 0.0217. The molecule has 27 heavy (non-hydrogen) atoms. The van der Waals surface area contributed by atoms with Crippen LogP contribution in [0.25, 0.3) is 0 Å². The van der Waals surface area contributed by atoms with E-state index in [4.69, 9.17) is 14.2 Å². The number of benzene rings is 2. The average Bonchev–Trinajstić information content (AvgIpc) is 2.71. The molecule has 0 saturated carbocycles. The average molecular weight is 391 g/mol. The highest BCUT2D eigenvalue weighted by Gasteiger charge is 2.40. The van der Waals surface area contributed by atoms with Crippen molar-refractivity contribution in [1.82, 2.24) is 4.31 Å². The van der Waals surface area contributed by atoms with Gasteiger partial charge in [0.1, 0.15) is 6.04 Å². The molecule has 2 aromatic carbocycles. The van der Waals surface area contributed by atoms with Crippen LogP contribution in [0.3, 0.4) is 0 Å². The molecule has 0 spiro atoms. The molecule has 144 valence electrons. The molecular weight excluding hydrogens is 370 g/mol. The van der Waals surface area contributed by atoms with Crippen LogP contribution in [0.1, 0.15) is 11.1 Å². The number of methoxy groups -OCH3 is 3. The van der Waals surface area contributed by atoms with Gasteiger partial charge in [0, 0.05) is 19.0 Å². The first kappa shape index (κ1) is 19.2. The minimum Gasteiger partial charge on any atom is -0.493 e. The van der Waals surface area contributed by atoms with Crippen LogP contribution < -0.4 is 9.47 Å². The Kier molecular flexibility index (Phi) is 5.38. The first-order valence-corrected chi connectivity index (χ1v) is 9.75. The lowest BCUT2D eigenvalue weighted by molar-refractivity contribution is -0.145. The van der Waals surface area contributed by atoms with Crippen molar-refractivity contribution in [3.05, 3.63) is 53.6 Å². The Morgan fingerprint density at radius 1 is 1.00 bits per heavy atom. The van der Waals surface area contributed by atoms with Crippen molar-refractivity contribution in [2.45, 2.75) is 23.9 Å². The smallest absolute Gasteiger partial charge is 0.324 e. The van der Waals surface area contributed by atoms with Gasteiger partial charge in [0.25, 0.3) is 0 Å². The van der Waals surface area contributed by atoms with E-state index in [9.17, 15) is 13.2 Å². The number of carbonyl (C=O) groups is 1. The van der Waals surface area contributed by atoms with E-state index in [1.165, 1.54) is 43.8 Å². The van der Waals surface area contributed by atoms with Crippen LogP contribution in [0, 0.1) is 0 Å². The zero-order valence-electron chi connectivity index (χ0n) is 15.3. The van der Waals surface area contributed by atoms with Crippen LogP contribution in [0.4, 0.5) is 0 Å². The largest absolute Gasteiger partial charge is 0.493 e. The van der Waals surface area contributed by atoms with Crippen molar-refractivity contribution < 1.29 is 27.4 Å². The summed E-state index contributed by atoms with van der Waals surface area (Å²) >= 11 is 0.